The lowest BCUT2D eigenvalue weighted by Gasteiger charge is -2.22. The van der Waals surface area contributed by atoms with Gasteiger partial charge in [-0.25, -0.2) is 9.07 Å². The molecule has 29 heavy (non-hydrogen) atoms. The van der Waals surface area contributed by atoms with E-state index in [-0.39, 0.29) is 17.5 Å². The average Bonchev–Trinajstić information content (AvgIpc) is 3.08. The first-order valence-electron chi connectivity index (χ1n) is 9.40. The van der Waals surface area contributed by atoms with Crippen LogP contribution in [0, 0.1) is 12.7 Å². The second-order valence-corrected chi connectivity index (χ2v) is 7.72. The first kappa shape index (κ1) is 20.9. The number of aryl methyl sites for hydroxylation is 1. The molecule has 2 N–H and O–H groups in total. The quantitative estimate of drug-likeness (QED) is 0.451. The lowest BCUT2D eigenvalue weighted by molar-refractivity contribution is -0.129. The van der Waals surface area contributed by atoms with E-state index in [1.54, 1.807) is 12.1 Å². The molecule has 1 aromatic heterocycles. The van der Waals surface area contributed by atoms with Gasteiger partial charge in [-0.3, -0.25) is 4.79 Å². The number of hydrogen-bond donors (Lipinski definition) is 1. The van der Waals surface area contributed by atoms with Crippen molar-refractivity contribution in [2.45, 2.75) is 32.0 Å². The molecule has 0 bridgehead atoms. The molecular weight excluding hydrogens is 389 g/mol. The Hall–Kier alpha value is -2.87. The van der Waals surface area contributed by atoms with Crippen LogP contribution in [0.1, 0.15) is 24.5 Å². The maximum Gasteiger partial charge on any atom is 0.233 e. The lowest BCUT2D eigenvalue weighted by Crippen LogP contribution is -2.32. The van der Waals surface area contributed by atoms with Crippen molar-refractivity contribution < 1.29 is 9.18 Å². The molecule has 0 aliphatic rings. The third-order valence-corrected chi connectivity index (χ3v) is 5.36. The molecule has 152 valence electrons. The van der Waals surface area contributed by atoms with Gasteiger partial charge in [-0.15, -0.1) is 10.2 Å². The number of carbonyl (C=O) groups excluding carboxylic acids is 1. The monoisotopic (exact) mass is 413 g/mol. The maximum atomic E-state index is 13.1. The predicted molar refractivity (Wildman–Crippen MR) is 113 cm³/mol. The van der Waals surface area contributed by atoms with Crippen molar-refractivity contribution in [2.75, 3.05) is 18.1 Å². The highest BCUT2D eigenvalue weighted by molar-refractivity contribution is 7.99. The number of amides is 1. The Balaban J connectivity index is 1.65. The van der Waals surface area contributed by atoms with Crippen molar-refractivity contribution in [1.29, 1.82) is 0 Å². The molecule has 0 spiro atoms. The van der Waals surface area contributed by atoms with E-state index < -0.39 is 0 Å². The van der Waals surface area contributed by atoms with E-state index in [4.69, 9.17) is 5.84 Å². The zero-order valence-electron chi connectivity index (χ0n) is 16.5. The fraction of sp³-hybridized carbons (Fsp3) is 0.286. The summed E-state index contributed by atoms with van der Waals surface area (Å²) in [5.41, 5.74) is 2.95. The third-order valence-electron chi connectivity index (χ3n) is 4.43. The summed E-state index contributed by atoms with van der Waals surface area (Å²) in [5.74, 6) is 6.40. The molecule has 0 aliphatic carbocycles. The smallest absolute Gasteiger partial charge is 0.233 e. The van der Waals surface area contributed by atoms with Crippen LogP contribution in [0.4, 0.5) is 4.39 Å². The maximum absolute atomic E-state index is 13.1. The molecule has 0 radical (unpaired) electrons. The number of nitrogens with two attached hydrogens (primary N) is 1. The van der Waals surface area contributed by atoms with E-state index in [1.807, 2.05) is 43.0 Å². The van der Waals surface area contributed by atoms with Gasteiger partial charge < -0.3 is 10.7 Å². The van der Waals surface area contributed by atoms with Gasteiger partial charge in [0, 0.05) is 18.7 Å². The van der Waals surface area contributed by atoms with Gasteiger partial charge in [0.1, 0.15) is 5.82 Å². The largest absolute Gasteiger partial charge is 0.338 e. The Labute approximate surface area is 173 Å². The van der Waals surface area contributed by atoms with Crippen LogP contribution in [0.5, 0.6) is 0 Å². The number of thioether (sulfide) groups is 1. The number of aromatic nitrogens is 3. The molecule has 2 aromatic carbocycles. The van der Waals surface area contributed by atoms with E-state index >= 15 is 0 Å². The summed E-state index contributed by atoms with van der Waals surface area (Å²) in [7, 11) is 0. The van der Waals surface area contributed by atoms with Crippen LogP contribution >= 0.6 is 11.8 Å². The molecule has 3 rings (SSSR count). The van der Waals surface area contributed by atoms with Gasteiger partial charge in [-0.1, -0.05) is 48.5 Å². The van der Waals surface area contributed by atoms with Gasteiger partial charge in [0.25, 0.3) is 0 Å². The SMILES string of the molecule is CCCN(Cc1ccc(C)cc1)C(=O)CSc1nnc(-c2ccc(F)cc2)n1N. The molecule has 3 aromatic rings. The van der Waals surface area contributed by atoms with Crippen LogP contribution in [0.15, 0.2) is 53.7 Å². The van der Waals surface area contributed by atoms with Crippen molar-refractivity contribution in [2.24, 2.45) is 0 Å². The van der Waals surface area contributed by atoms with Crippen LogP contribution in [0.25, 0.3) is 11.4 Å². The lowest BCUT2D eigenvalue weighted by atomic mass is 10.1. The van der Waals surface area contributed by atoms with Crippen LogP contribution < -0.4 is 5.84 Å². The summed E-state index contributed by atoms with van der Waals surface area (Å²) in [6, 6.07) is 14.1. The number of nitrogens with zero attached hydrogens (tertiary/aromatic N) is 4. The molecule has 8 heteroatoms. The van der Waals surface area contributed by atoms with Crippen LogP contribution in [-0.4, -0.2) is 38.0 Å². The number of rotatable bonds is 8. The third kappa shape index (κ3) is 5.35. The van der Waals surface area contributed by atoms with Crippen LogP contribution in [0.2, 0.25) is 0 Å². The number of carbonyl (C=O) groups is 1. The zero-order valence-corrected chi connectivity index (χ0v) is 17.3. The van der Waals surface area contributed by atoms with Crippen molar-refractivity contribution in [1.82, 2.24) is 19.8 Å². The highest BCUT2D eigenvalue weighted by Gasteiger charge is 2.17. The van der Waals surface area contributed by atoms with E-state index in [2.05, 4.69) is 10.2 Å². The second-order valence-electron chi connectivity index (χ2n) is 6.77. The Morgan fingerprint density at radius 2 is 1.83 bits per heavy atom. The highest BCUT2D eigenvalue weighted by Crippen LogP contribution is 2.22. The fourth-order valence-electron chi connectivity index (χ4n) is 2.86. The molecule has 6 nitrogen and oxygen atoms in total. The Bertz CT molecular complexity index is 956. The molecule has 1 amide bonds. The topological polar surface area (TPSA) is 77.0 Å². The summed E-state index contributed by atoms with van der Waals surface area (Å²) in [5, 5.41) is 8.58. The second kappa shape index (κ2) is 9.56. The van der Waals surface area contributed by atoms with Crippen molar-refractivity contribution in [3.8, 4) is 11.4 Å². The predicted octanol–water partition coefficient (Wildman–Crippen LogP) is 3.64. The molecule has 0 unspecified atom stereocenters. The first-order chi connectivity index (χ1) is 14.0. The van der Waals surface area contributed by atoms with Crippen molar-refractivity contribution >= 4 is 17.7 Å². The molecule has 0 saturated carbocycles. The Morgan fingerprint density at radius 1 is 1.14 bits per heavy atom. The summed E-state index contributed by atoms with van der Waals surface area (Å²) in [4.78, 5) is 14.6. The fourth-order valence-corrected chi connectivity index (χ4v) is 3.62. The molecule has 0 fully saturated rings. The van der Waals surface area contributed by atoms with Gasteiger partial charge in [0.2, 0.25) is 11.1 Å². The van der Waals surface area contributed by atoms with Crippen molar-refractivity contribution in [3.63, 3.8) is 0 Å². The van der Waals surface area contributed by atoms with Gasteiger partial charge in [-0.05, 0) is 43.2 Å². The number of nitrogen functional groups attached to an aromatic ring is 1. The minimum atomic E-state index is -0.332. The summed E-state index contributed by atoms with van der Waals surface area (Å²) >= 11 is 1.24. The Morgan fingerprint density at radius 3 is 2.48 bits per heavy atom. The molecular formula is C21H24FN5OS. The molecule has 0 saturated heterocycles. The Kier molecular flexibility index (Phi) is 6.87. The van der Waals surface area contributed by atoms with E-state index in [0.717, 1.165) is 12.0 Å². The van der Waals surface area contributed by atoms with Gasteiger partial charge in [0.15, 0.2) is 5.82 Å². The van der Waals surface area contributed by atoms with E-state index in [1.165, 1.54) is 34.1 Å². The summed E-state index contributed by atoms with van der Waals surface area (Å²) < 4.78 is 14.4. The zero-order chi connectivity index (χ0) is 20.8. The molecule has 0 atom stereocenters. The molecule has 1 heterocycles. The van der Waals surface area contributed by atoms with Crippen molar-refractivity contribution in [3.05, 3.63) is 65.5 Å². The summed E-state index contributed by atoms with van der Waals surface area (Å²) in [6.07, 6.45) is 0.879. The van der Waals surface area contributed by atoms with Gasteiger partial charge >= 0.3 is 0 Å². The van der Waals surface area contributed by atoms with Gasteiger partial charge in [0.05, 0.1) is 5.75 Å². The summed E-state index contributed by atoms with van der Waals surface area (Å²) in [6.45, 7) is 5.35. The van der Waals surface area contributed by atoms with Crippen LogP contribution in [0.3, 0.4) is 0 Å². The van der Waals surface area contributed by atoms with E-state index in [0.29, 0.717) is 29.6 Å². The molecule has 0 aliphatic heterocycles. The van der Waals surface area contributed by atoms with Gasteiger partial charge in [-0.2, -0.15) is 0 Å². The minimum absolute atomic E-state index is 0.0174. The highest BCUT2D eigenvalue weighted by atomic mass is 32.2. The standard InChI is InChI=1S/C21H24FN5OS/c1-3-12-26(13-16-6-4-15(2)5-7-16)19(28)14-29-21-25-24-20(27(21)23)17-8-10-18(22)11-9-17/h4-11H,3,12-14,23H2,1-2H3. The number of hydrogen-bond acceptors (Lipinski definition) is 5. The number of benzene rings is 2. The average molecular weight is 414 g/mol. The normalized spacial score (nSPS) is 10.9. The van der Waals surface area contributed by atoms with Crippen LogP contribution in [-0.2, 0) is 11.3 Å². The van der Waals surface area contributed by atoms with E-state index in [9.17, 15) is 9.18 Å². The number of halogens is 1. The minimum Gasteiger partial charge on any atom is -0.338 e. The first-order valence-corrected chi connectivity index (χ1v) is 10.4.